The van der Waals surface area contributed by atoms with Crippen molar-refractivity contribution >= 4 is 0 Å². The Morgan fingerprint density at radius 1 is 1.09 bits per heavy atom. The molecule has 22 heavy (non-hydrogen) atoms. The standard InChI is InChI=1S/C17H17N3O2/c1-2-4-16-19-20-17(22-16)14-6-8-15(9-7-14)21-12-13-5-3-10-18-11-13/h3,5-11H,2,4,12H2,1H3. The van der Waals surface area contributed by atoms with E-state index < -0.39 is 0 Å². The average molecular weight is 295 g/mol. The van der Waals surface area contributed by atoms with Gasteiger partial charge in [-0.3, -0.25) is 4.98 Å². The molecule has 0 N–H and O–H groups in total. The van der Waals surface area contributed by atoms with Crippen molar-refractivity contribution in [2.45, 2.75) is 26.4 Å². The van der Waals surface area contributed by atoms with E-state index in [-0.39, 0.29) is 0 Å². The number of aromatic nitrogens is 3. The lowest BCUT2D eigenvalue weighted by Gasteiger charge is -2.06. The van der Waals surface area contributed by atoms with Crippen LogP contribution in [-0.2, 0) is 13.0 Å². The van der Waals surface area contributed by atoms with E-state index in [2.05, 4.69) is 22.1 Å². The van der Waals surface area contributed by atoms with Gasteiger partial charge >= 0.3 is 0 Å². The van der Waals surface area contributed by atoms with Gasteiger partial charge in [-0.15, -0.1) is 10.2 Å². The van der Waals surface area contributed by atoms with Crippen molar-refractivity contribution in [1.82, 2.24) is 15.2 Å². The third-order valence-electron chi connectivity index (χ3n) is 3.16. The predicted octanol–water partition coefficient (Wildman–Crippen LogP) is 3.66. The lowest BCUT2D eigenvalue weighted by molar-refractivity contribution is 0.306. The fraction of sp³-hybridized carbons (Fsp3) is 0.235. The molecule has 0 unspecified atom stereocenters. The number of nitrogens with zero attached hydrogens (tertiary/aromatic N) is 3. The number of aryl methyl sites for hydroxylation is 1. The van der Waals surface area contributed by atoms with Gasteiger partial charge in [-0.05, 0) is 36.8 Å². The maximum Gasteiger partial charge on any atom is 0.247 e. The van der Waals surface area contributed by atoms with Crippen LogP contribution in [0.25, 0.3) is 11.5 Å². The van der Waals surface area contributed by atoms with Gasteiger partial charge in [0.15, 0.2) is 0 Å². The first-order chi connectivity index (χ1) is 10.8. The monoisotopic (exact) mass is 295 g/mol. The van der Waals surface area contributed by atoms with Crippen LogP contribution in [0.1, 0.15) is 24.8 Å². The molecule has 3 rings (SSSR count). The maximum atomic E-state index is 5.72. The van der Waals surface area contributed by atoms with Crippen LogP contribution in [-0.4, -0.2) is 15.2 Å². The summed E-state index contributed by atoms with van der Waals surface area (Å²) in [6, 6.07) is 11.5. The second-order valence-electron chi connectivity index (χ2n) is 4.93. The molecule has 2 heterocycles. The van der Waals surface area contributed by atoms with Crippen molar-refractivity contribution in [1.29, 1.82) is 0 Å². The predicted molar refractivity (Wildman–Crippen MR) is 82.3 cm³/mol. The van der Waals surface area contributed by atoms with Gasteiger partial charge < -0.3 is 9.15 Å². The molecule has 2 aromatic heterocycles. The van der Waals surface area contributed by atoms with E-state index in [1.807, 2.05) is 36.4 Å². The van der Waals surface area contributed by atoms with Crippen molar-refractivity contribution in [2.24, 2.45) is 0 Å². The Balaban J connectivity index is 1.64. The molecule has 3 aromatic rings. The largest absolute Gasteiger partial charge is 0.489 e. The molecule has 0 aliphatic rings. The van der Waals surface area contributed by atoms with Crippen LogP contribution in [0.4, 0.5) is 0 Å². The molecule has 0 spiro atoms. The number of hydrogen-bond acceptors (Lipinski definition) is 5. The van der Waals surface area contributed by atoms with E-state index in [9.17, 15) is 0 Å². The average Bonchev–Trinajstić information content (AvgIpc) is 3.03. The minimum absolute atomic E-state index is 0.494. The summed E-state index contributed by atoms with van der Waals surface area (Å²) in [5.41, 5.74) is 1.93. The third-order valence-corrected chi connectivity index (χ3v) is 3.16. The lowest BCUT2D eigenvalue weighted by Crippen LogP contribution is -1.95. The van der Waals surface area contributed by atoms with E-state index in [1.54, 1.807) is 12.4 Å². The first-order valence-corrected chi connectivity index (χ1v) is 7.29. The van der Waals surface area contributed by atoms with Crippen LogP contribution >= 0.6 is 0 Å². The van der Waals surface area contributed by atoms with Crippen LogP contribution in [0, 0.1) is 0 Å². The zero-order chi connectivity index (χ0) is 15.2. The molecule has 0 atom stereocenters. The molecule has 112 valence electrons. The van der Waals surface area contributed by atoms with Crippen molar-refractivity contribution in [3.63, 3.8) is 0 Å². The Hall–Kier alpha value is -2.69. The quantitative estimate of drug-likeness (QED) is 0.694. The Morgan fingerprint density at radius 3 is 2.68 bits per heavy atom. The molecule has 0 saturated heterocycles. The fourth-order valence-corrected chi connectivity index (χ4v) is 2.03. The molecule has 0 radical (unpaired) electrons. The lowest BCUT2D eigenvalue weighted by atomic mass is 10.2. The van der Waals surface area contributed by atoms with Gasteiger partial charge in [-0.1, -0.05) is 13.0 Å². The number of ether oxygens (including phenoxy) is 1. The van der Waals surface area contributed by atoms with Crippen LogP contribution in [0.5, 0.6) is 5.75 Å². The highest BCUT2D eigenvalue weighted by atomic mass is 16.5. The molecule has 0 bridgehead atoms. The summed E-state index contributed by atoms with van der Waals surface area (Å²) in [4.78, 5) is 4.06. The van der Waals surface area contributed by atoms with Crippen molar-refractivity contribution in [2.75, 3.05) is 0 Å². The molecular weight excluding hydrogens is 278 g/mol. The van der Waals surface area contributed by atoms with Gasteiger partial charge in [0.1, 0.15) is 12.4 Å². The van der Waals surface area contributed by atoms with E-state index in [0.29, 0.717) is 18.4 Å². The SMILES string of the molecule is CCCc1nnc(-c2ccc(OCc3cccnc3)cc2)o1. The third kappa shape index (κ3) is 3.49. The summed E-state index contributed by atoms with van der Waals surface area (Å²) in [6.45, 7) is 2.58. The molecular formula is C17H17N3O2. The minimum Gasteiger partial charge on any atom is -0.489 e. The maximum absolute atomic E-state index is 5.72. The van der Waals surface area contributed by atoms with Crippen molar-refractivity contribution in [3.05, 3.63) is 60.2 Å². The molecule has 5 nitrogen and oxygen atoms in total. The number of rotatable bonds is 6. The second-order valence-corrected chi connectivity index (χ2v) is 4.93. The van der Waals surface area contributed by atoms with Gasteiger partial charge in [0.05, 0.1) is 0 Å². The molecule has 0 fully saturated rings. The van der Waals surface area contributed by atoms with Gasteiger partial charge in [-0.2, -0.15) is 0 Å². The minimum atomic E-state index is 0.494. The molecule has 5 heteroatoms. The Kier molecular flexibility index (Phi) is 4.44. The highest BCUT2D eigenvalue weighted by Gasteiger charge is 2.08. The molecule has 1 aromatic carbocycles. The summed E-state index contributed by atoms with van der Waals surface area (Å²) in [6.07, 6.45) is 5.33. The van der Waals surface area contributed by atoms with E-state index >= 15 is 0 Å². The second kappa shape index (κ2) is 6.85. The van der Waals surface area contributed by atoms with Crippen LogP contribution in [0.15, 0.2) is 53.2 Å². The number of pyridine rings is 1. The number of hydrogen-bond donors (Lipinski definition) is 0. The zero-order valence-corrected chi connectivity index (χ0v) is 12.4. The Morgan fingerprint density at radius 2 is 1.95 bits per heavy atom. The Labute approximate surface area is 129 Å². The highest BCUT2D eigenvalue weighted by molar-refractivity contribution is 5.53. The summed E-state index contributed by atoms with van der Waals surface area (Å²) >= 11 is 0. The summed E-state index contributed by atoms with van der Waals surface area (Å²) in [5.74, 6) is 2.01. The van der Waals surface area contributed by atoms with Gasteiger partial charge in [0.2, 0.25) is 11.8 Å². The van der Waals surface area contributed by atoms with Crippen LogP contribution in [0.2, 0.25) is 0 Å². The van der Waals surface area contributed by atoms with E-state index in [4.69, 9.17) is 9.15 Å². The smallest absolute Gasteiger partial charge is 0.247 e. The highest BCUT2D eigenvalue weighted by Crippen LogP contribution is 2.22. The number of benzene rings is 1. The molecule has 0 aliphatic heterocycles. The van der Waals surface area contributed by atoms with Gasteiger partial charge in [0.25, 0.3) is 0 Å². The zero-order valence-electron chi connectivity index (χ0n) is 12.4. The van der Waals surface area contributed by atoms with Crippen LogP contribution < -0.4 is 4.74 Å². The first kappa shape index (κ1) is 14.3. The van der Waals surface area contributed by atoms with E-state index in [0.717, 1.165) is 29.7 Å². The van der Waals surface area contributed by atoms with E-state index in [1.165, 1.54) is 0 Å². The normalized spacial score (nSPS) is 10.6. The topological polar surface area (TPSA) is 61.0 Å². The molecule has 0 aliphatic carbocycles. The van der Waals surface area contributed by atoms with Gasteiger partial charge in [-0.25, -0.2) is 0 Å². The summed E-state index contributed by atoms with van der Waals surface area (Å²) in [5, 5.41) is 8.09. The summed E-state index contributed by atoms with van der Waals surface area (Å²) < 4.78 is 11.3. The Bertz CT molecular complexity index is 708. The molecule has 0 saturated carbocycles. The molecule has 0 amide bonds. The van der Waals surface area contributed by atoms with Crippen molar-refractivity contribution in [3.8, 4) is 17.2 Å². The summed E-state index contributed by atoms with van der Waals surface area (Å²) in [7, 11) is 0. The van der Waals surface area contributed by atoms with Crippen LogP contribution in [0.3, 0.4) is 0 Å². The first-order valence-electron chi connectivity index (χ1n) is 7.29. The van der Waals surface area contributed by atoms with Gasteiger partial charge in [0, 0.05) is 29.9 Å². The van der Waals surface area contributed by atoms with Crippen molar-refractivity contribution < 1.29 is 9.15 Å². The fourth-order valence-electron chi connectivity index (χ4n) is 2.03.